The Hall–Kier alpha value is -2.17. The molecular weight excluding hydrogens is 327 g/mol. The molecule has 114 valence electrons. The molecule has 0 aliphatic rings. The van der Waals surface area contributed by atoms with E-state index >= 15 is 0 Å². The van der Waals surface area contributed by atoms with Crippen LogP contribution in [0.15, 0.2) is 36.4 Å². The fraction of sp³-hybridized carbons (Fsp3) is 0.0625. The molecule has 0 fully saturated rings. The summed E-state index contributed by atoms with van der Waals surface area (Å²) in [5.41, 5.74) is 0.479. The standard InChI is InChI=1S/C16H12Cl2O4/c1-22-14-4-2-3-9(15(14)19)7-12(16(20)21)11-8-10(17)5-6-13(11)18/h2-8,19H,1H3,(H,20,21)/b12-7-. The van der Waals surface area contributed by atoms with E-state index in [9.17, 15) is 15.0 Å². The molecule has 2 aromatic carbocycles. The van der Waals surface area contributed by atoms with Crippen LogP contribution in [0.2, 0.25) is 10.0 Å². The van der Waals surface area contributed by atoms with E-state index in [2.05, 4.69) is 0 Å². The first-order chi connectivity index (χ1) is 10.4. The van der Waals surface area contributed by atoms with E-state index in [0.717, 1.165) is 0 Å². The number of hydrogen-bond acceptors (Lipinski definition) is 3. The highest BCUT2D eigenvalue weighted by Crippen LogP contribution is 2.34. The highest BCUT2D eigenvalue weighted by Gasteiger charge is 2.16. The van der Waals surface area contributed by atoms with E-state index in [-0.39, 0.29) is 27.7 Å². The summed E-state index contributed by atoms with van der Waals surface area (Å²) in [6.45, 7) is 0. The number of phenolic OH excluding ortho intramolecular Hbond substituents is 1. The molecule has 0 atom stereocenters. The van der Waals surface area contributed by atoms with Crippen LogP contribution in [0.25, 0.3) is 11.6 Å². The number of hydrogen-bond donors (Lipinski definition) is 2. The maximum absolute atomic E-state index is 11.6. The van der Waals surface area contributed by atoms with Gasteiger partial charge in [0.1, 0.15) is 0 Å². The van der Waals surface area contributed by atoms with Gasteiger partial charge in [0.15, 0.2) is 11.5 Å². The number of carboxylic acids is 1. The summed E-state index contributed by atoms with van der Waals surface area (Å²) in [5, 5.41) is 20.1. The second kappa shape index (κ2) is 6.73. The van der Waals surface area contributed by atoms with Crippen LogP contribution in [0.1, 0.15) is 11.1 Å². The molecule has 0 aromatic heterocycles. The number of ether oxygens (including phenoxy) is 1. The van der Waals surface area contributed by atoms with E-state index in [0.29, 0.717) is 10.6 Å². The number of halogens is 2. The predicted octanol–water partition coefficient (Wildman–Crippen LogP) is 4.33. The van der Waals surface area contributed by atoms with Crippen LogP contribution in [0.4, 0.5) is 0 Å². The zero-order valence-electron chi connectivity index (χ0n) is 11.5. The van der Waals surface area contributed by atoms with Crippen molar-refractivity contribution in [1.82, 2.24) is 0 Å². The van der Waals surface area contributed by atoms with Crippen LogP contribution in [-0.4, -0.2) is 23.3 Å². The molecule has 0 bridgehead atoms. The minimum Gasteiger partial charge on any atom is -0.504 e. The first-order valence-corrected chi connectivity index (χ1v) is 6.96. The van der Waals surface area contributed by atoms with Gasteiger partial charge in [-0.15, -0.1) is 0 Å². The average Bonchev–Trinajstić information content (AvgIpc) is 2.48. The van der Waals surface area contributed by atoms with Gasteiger partial charge in [0.2, 0.25) is 0 Å². The Labute approximate surface area is 137 Å². The summed E-state index contributed by atoms with van der Waals surface area (Å²) in [5.74, 6) is -1.09. The molecule has 0 aliphatic carbocycles. The molecule has 0 saturated heterocycles. The monoisotopic (exact) mass is 338 g/mol. The van der Waals surface area contributed by atoms with Crippen LogP contribution in [0, 0.1) is 0 Å². The van der Waals surface area contributed by atoms with Crippen LogP contribution < -0.4 is 4.74 Å². The zero-order valence-corrected chi connectivity index (χ0v) is 13.0. The number of rotatable bonds is 4. The number of carboxylic acid groups (broad SMARTS) is 1. The van der Waals surface area contributed by atoms with E-state index < -0.39 is 5.97 Å². The minimum atomic E-state index is -1.19. The third-order valence-corrected chi connectivity index (χ3v) is 3.56. The number of benzene rings is 2. The number of aromatic hydroxyl groups is 1. The third kappa shape index (κ3) is 3.35. The molecule has 0 radical (unpaired) electrons. The highest BCUT2D eigenvalue weighted by molar-refractivity contribution is 6.37. The second-order valence-electron chi connectivity index (χ2n) is 4.39. The van der Waals surface area contributed by atoms with Gasteiger partial charge in [0.25, 0.3) is 0 Å². The Morgan fingerprint density at radius 2 is 1.95 bits per heavy atom. The minimum absolute atomic E-state index is 0.0870. The lowest BCUT2D eigenvalue weighted by atomic mass is 10.0. The molecule has 0 spiro atoms. The fourth-order valence-corrected chi connectivity index (χ4v) is 2.33. The topological polar surface area (TPSA) is 66.8 Å². The summed E-state index contributed by atoms with van der Waals surface area (Å²) in [6, 6.07) is 9.32. The Morgan fingerprint density at radius 1 is 1.23 bits per heavy atom. The number of carbonyl (C=O) groups is 1. The van der Waals surface area contributed by atoms with E-state index in [1.807, 2.05) is 0 Å². The number of para-hydroxylation sites is 1. The van der Waals surface area contributed by atoms with Crippen molar-refractivity contribution in [2.24, 2.45) is 0 Å². The molecule has 0 unspecified atom stereocenters. The summed E-state index contributed by atoms with van der Waals surface area (Å²) in [6.07, 6.45) is 1.32. The van der Waals surface area contributed by atoms with Crippen molar-refractivity contribution in [2.75, 3.05) is 7.11 Å². The quantitative estimate of drug-likeness (QED) is 0.643. The molecule has 0 amide bonds. The second-order valence-corrected chi connectivity index (χ2v) is 5.23. The maximum Gasteiger partial charge on any atom is 0.336 e. The Kier molecular flexibility index (Phi) is 4.96. The van der Waals surface area contributed by atoms with Crippen molar-refractivity contribution in [3.05, 3.63) is 57.6 Å². The van der Waals surface area contributed by atoms with Gasteiger partial charge in [-0.25, -0.2) is 4.79 Å². The smallest absolute Gasteiger partial charge is 0.336 e. The van der Waals surface area contributed by atoms with Gasteiger partial charge in [-0.1, -0.05) is 35.3 Å². The lowest BCUT2D eigenvalue weighted by Gasteiger charge is -2.09. The lowest BCUT2D eigenvalue weighted by Crippen LogP contribution is -2.00. The van der Waals surface area contributed by atoms with E-state index in [1.54, 1.807) is 24.3 Å². The van der Waals surface area contributed by atoms with Gasteiger partial charge in [-0.3, -0.25) is 0 Å². The molecular formula is C16H12Cl2O4. The van der Waals surface area contributed by atoms with Crippen LogP contribution >= 0.6 is 23.2 Å². The molecule has 2 rings (SSSR count). The molecule has 2 N–H and O–H groups in total. The van der Waals surface area contributed by atoms with Gasteiger partial charge >= 0.3 is 5.97 Å². The lowest BCUT2D eigenvalue weighted by molar-refractivity contribution is -0.130. The van der Waals surface area contributed by atoms with Crippen molar-refractivity contribution in [2.45, 2.75) is 0 Å². The van der Waals surface area contributed by atoms with Gasteiger partial charge in [0, 0.05) is 21.2 Å². The summed E-state index contributed by atoms with van der Waals surface area (Å²) >= 11 is 11.9. The molecule has 4 nitrogen and oxygen atoms in total. The van der Waals surface area contributed by atoms with Crippen molar-refractivity contribution in [3.8, 4) is 11.5 Å². The van der Waals surface area contributed by atoms with Gasteiger partial charge in [-0.05, 0) is 30.3 Å². The van der Waals surface area contributed by atoms with E-state index in [4.69, 9.17) is 27.9 Å². The van der Waals surface area contributed by atoms with Crippen molar-refractivity contribution < 1.29 is 19.7 Å². The Morgan fingerprint density at radius 3 is 2.59 bits per heavy atom. The zero-order chi connectivity index (χ0) is 16.3. The van der Waals surface area contributed by atoms with Crippen molar-refractivity contribution in [1.29, 1.82) is 0 Å². The number of phenols is 1. The largest absolute Gasteiger partial charge is 0.504 e. The number of methoxy groups -OCH3 is 1. The third-order valence-electron chi connectivity index (χ3n) is 3.00. The first-order valence-electron chi connectivity index (χ1n) is 6.20. The van der Waals surface area contributed by atoms with Crippen LogP contribution in [0.3, 0.4) is 0 Å². The van der Waals surface area contributed by atoms with Gasteiger partial charge in [-0.2, -0.15) is 0 Å². The molecule has 0 saturated carbocycles. The Bertz CT molecular complexity index is 754. The van der Waals surface area contributed by atoms with E-state index in [1.165, 1.54) is 25.3 Å². The first kappa shape index (κ1) is 16.2. The van der Waals surface area contributed by atoms with Crippen LogP contribution in [0.5, 0.6) is 11.5 Å². The predicted molar refractivity (Wildman–Crippen MR) is 86.6 cm³/mol. The number of aliphatic carboxylic acids is 1. The Balaban J connectivity index is 2.63. The fourth-order valence-electron chi connectivity index (χ4n) is 1.93. The van der Waals surface area contributed by atoms with Gasteiger partial charge in [0.05, 0.1) is 12.7 Å². The van der Waals surface area contributed by atoms with Crippen molar-refractivity contribution in [3.63, 3.8) is 0 Å². The van der Waals surface area contributed by atoms with Crippen molar-refractivity contribution >= 4 is 40.8 Å². The SMILES string of the molecule is COc1cccc(/C=C(\C(=O)O)c2cc(Cl)ccc2Cl)c1O. The molecule has 2 aromatic rings. The average molecular weight is 339 g/mol. The summed E-state index contributed by atoms with van der Waals surface area (Å²) in [7, 11) is 1.41. The summed E-state index contributed by atoms with van der Waals surface area (Å²) in [4.78, 5) is 11.6. The summed E-state index contributed by atoms with van der Waals surface area (Å²) < 4.78 is 5.00. The van der Waals surface area contributed by atoms with Gasteiger partial charge < -0.3 is 14.9 Å². The molecule has 0 heterocycles. The normalized spacial score (nSPS) is 11.3. The highest BCUT2D eigenvalue weighted by atomic mass is 35.5. The molecule has 22 heavy (non-hydrogen) atoms. The molecule has 0 aliphatic heterocycles. The maximum atomic E-state index is 11.6. The van der Waals surface area contributed by atoms with Crippen LogP contribution in [-0.2, 0) is 4.79 Å². The molecule has 6 heteroatoms.